The first-order valence-electron chi connectivity index (χ1n) is 11.2. The predicted octanol–water partition coefficient (Wildman–Crippen LogP) is 5.60. The molecule has 0 bridgehead atoms. The Hall–Kier alpha value is -3.60. The average molecular weight is 522 g/mol. The summed E-state index contributed by atoms with van der Waals surface area (Å²) in [6, 6.07) is 16.2. The van der Waals surface area contributed by atoms with E-state index in [1.807, 2.05) is 11.8 Å². The highest BCUT2D eigenvalue weighted by molar-refractivity contribution is 7.93. The highest BCUT2D eigenvalue weighted by Crippen LogP contribution is 2.32. The summed E-state index contributed by atoms with van der Waals surface area (Å²) in [6.45, 7) is 5.00. The number of alkyl halides is 3. The minimum absolute atomic E-state index is 0.178. The van der Waals surface area contributed by atoms with Crippen molar-refractivity contribution >= 4 is 27.5 Å². The molecule has 0 atom stereocenters. The molecule has 0 radical (unpaired) electrons. The predicted molar refractivity (Wildman–Crippen MR) is 132 cm³/mol. The van der Waals surface area contributed by atoms with Gasteiger partial charge in [0, 0.05) is 24.8 Å². The standard InChI is InChI=1S/C25H26F3N3O4S/c1-3-16-31(23-21(9-7-15-29-23)24(32)35-4-2)17-18-11-13-19(14-12-18)20-8-5-6-10-22(20)30-36(33,34)25(26,27)28/h5-15,30H,3-4,16-17H2,1-2H3. The number of carbonyl (C=O) groups is 1. The minimum Gasteiger partial charge on any atom is -0.462 e. The Bertz CT molecular complexity index is 1300. The van der Waals surface area contributed by atoms with Gasteiger partial charge in [0.1, 0.15) is 11.4 Å². The minimum atomic E-state index is -5.56. The highest BCUT2D eigenvalue weighted by atomic mass is 32.2. The summed E-state index contributed by atoms with van der Waals surface area (Å²) in [7, 11) is -5.56. The molecule has 3 rings (SSSR count). The summed E-state index contributed by atoms with van der Waals surface area (Å²) in [6.07, 6.45) is 2.40. The first-order chi connectivity index (χ1) is 17.1. The van der Waals surface area contributed by atoms with Gasteiger partial charge in [-0.3, -0.25) is 4.72 Å². The monoisotopic (exact) mass is 521 g/mol. The molecule has 1 heterocycles. The molecule has 2 aromatic carbocycles. The van der Waals surface area contributed by atoms with Crippen molar-refractivity contribution in [1.82, 2.24) is 4.98 Å². The molecule has 0 aliphatic carbocycles. The van der Waals surface area contributed by atoms with Crippen molar-refractivity contribution in [2.24, 2.45) is 0 Å². The summed E-state index contributed by atoms with van der Waals surface area (Å²) < 4.78 is 68.6. The number of rotatable bonds is 10. The first-order valence-corrected chi connectivity index (χ1v) is 12.7. The third-order valence-electron chi connectivity index (χ3n) is 5.19. The van der Waals surface area contributed by atoms with Gasteiger partial charge in [0.15, 0.2) is 0 Å². The van der Waals surface area contributed by atoms with E-state index >= 15 is 0 Å². The first kappa shape index (κ1) is 27.0. The lowest BCUT2D eigenvalue weighted by Crippen LogP contribution is -2.30. The maximum absolute atomic E-state index is 12.9. The number of hydrogen-bond donors (Lipinski definition) is 1. The summed E-state index contributed by atoms with van der Waals surface area (Å²) in [5, 5.41) is 0. The Morgan fingerprint density at radius 1 is 1.03 bits per heavy atom. The number of halogens is 3. The van der Waals surface area contributed by atoms with Crippen LogP contribution in [0.15, 0.2) is 66.9 Å². The third-order valence-corrected chi connectivity index (χ3v) is 6.29. The van der Waals surface area contributed by atoms with Crippen LogP contribution in [0.2, 0.25) is 0 Å². The Morgan fingerprint density at radius 3 is 2.36 bits per heavy atom. The molecule has 0 aliphatic rings. The maximum atomic E-state index is 12.9. The Morgan fingerprint density at radius 2 is 1.72 bits per heavy atom. The largest absolute Gasteiger partial charge is 0.516 e. The van der Waals surface area contributed by atoms with Crippen LogP contribution >= 0.6 is 0 Å². The Balaban J connectivity index is 1.88. The molecule has 0 saturated heterocycles. The molecule has 0 amide bonds. The van der Waals surface area contributed by atoms with Crippen LogP contribution in [-0.4, -0.2) is 38.0 Å². The van der Waals surface area contributed by atoms with Gasteiger partial charge < -0.3 is 9.64 Å². The van der Waals surface area contributed by atoms with Crippen molar-refractivity contribution in [3.05, 3.63) is 78.0 Å². The number of hydrogen-bond acceptors (Lipinski definition) is 6. The number of ether oxygens (including phenoxy) is 1. The Kier molecular flexibility index (Phi) is 8.57. The molecular weight excluding hydrogens is 495 g/mol. The number of sulfonamides is 1. The van der Waals surface area contributed by atoms with Crippen molar-refractivity contribution in [3.8, 4) is 11.1 Å². The van der Waals surface area contributed by atoms with Crippen LogP contribution in [0.4, 0.5) is 24.7 Å². The zero-order valence-electron chi connectivity index (χ0n) is 19.7. The molecule has 192 valence electrons. The van der Waals surface area contributed by atoms with Gasteiger partial charge in [-0.15, -0.1) is 0 Å². The SMILES string of the molecule is CCCN(Cc1ccc(-c2ccccc2NS(=O)(=O)C(F)(F)F)cc1)c1ncccc1C(=O)OCC. The lowest BCUT2D eigenvalue weighted by atomic mass is 10.0. The fraction of sp³-hybridized carbons (Fsp3) is 0.280. The summed E-state index contributed by atoms with van der Waals surface area (Å²) in [5.74, 6) is 0.0312. The topological polar surface area (TPSA) is 88.6 Å². The molecule has 3 aromatic rings. The molecule has 0 saturated carbocycles. The number of aromatic nitrogens is 1. The number of carbonyl (C=O) groups excluding carboxylic acids is 1. The summed E-state index contributed by atoms with van der Waals surface area (Å²) >= 11 is 0. The van der Waals surface area contributed by atoms with E-state index in [9.17, 15) is 26.4 Å². The van der Waals surface area contributed by atoms with Crippen molar-refractivity contribution in [2.75, 3.05) is 22.8 Å². The van der Waals surface area contributed by atoms with E-state index in [1.165, 1.54) is 18.2 Å². The number of nitrogens with zero attached hydrogens (tertiary/aromatic N) is 2. The number of nitrogens with one attached hydrogen (secondary N) is 1. The molecule has 0 fully saturated rings. The zero-order valence-corrected chi connectivity index (χ0v) is 20.6. The quantitative estimate of drug-likeness (QED) is 0.349. The van der Waals surface area contributed by atoms with Crippen molar-refractivity contribution in [1.29, 1.82) is 0 Å². The van der Waals surface area contributed by atoms with Crippen LogP contribution in [0, 0.1) is 0 Å². The molecule has 0 spiro atoms. The molecule has 1 N–H and O–H groups in total. The number of esters is 1. The van der Waals surface area contributed by atoms with E-state index < -0.39 is 21.5 Å². The van der Waals surface area contributed by atoms with Gasteiger partial charge in [0.25, 0.3) is 0 Å². The van der Waals surface area contributed by atoms with Crippen LogP contribution in [0.3, 0.4) is 0 Å². The number of anilines is 2. The Labute approximate surface area is 208 Å². The second-order valence-corrected chi connectivity index (χ2v) is 9.48. The van der Waals surface area contributed by atoms with Crippen molar-refractivity contribution < 1.29 is 31.1 Å². The van der Waals surface area contributed by atoms with Gasteiger partial charge in [0.05, 0.1) is 12.3 Å². The molecule has 1 aromatic heterocycles. The van der Waals surface area contributed by atoms with Gasteiger partial charge in [-0.2, -0.15) is 21.6 Å². The number of pyridine rings is 1. The second-order valence-electron chi connectivity index (χ2n) is 7.81. The normalized spacial score (nSPS) is 11.7. The van der Waals surface area contributed by atoms with Crippen LogP contribution < -0.4 is 9.62 Å². The summed E-state index contributed by atoms with van der Waals surface area (Å²) in [4.78, 5) is 18.8. The van der Waals surface area contributed by atoms with Gasteiger partial charge in [-0.05, 0) is 42.7 Å². The fourth-order valence-electron chi connectivity index (χ4n) is 3.58. The smallest absolute Gasteiger partial charge is 0.462 e. The molecule has 0 aliphatic heterocycles. The number of benzene rings is 2. The van der Waals surface area contributed by atoms with E-state index in [2.05, 4.69) is 4.98 Å². The number of para-hydroxylation sites is 1. The van der Waals surface area contributed by atoms with E-state index in [4.69, 9.17) is 4.74 Å². The van der Waals surface area contributed by atoms with Crippen LogP contribution in [0.5, 0.6) is 0 Å². The lowest BCUT2D eigenvalue weighted by molar-refractivity contribution is -0.0429. The average Bonchev–Trinajstić information content (AvgIpc) is 2.84. The van der Waals surface area contributed by atoms with Crippen LogP contribution in [0.25, 0.3) is 11.1 Å². The molecule has 36 heavy (non-hydrogen) atoms. The van der Waals surface area contributed by atoms with E-state index in [0.29, 0.717) is 35.6 Å². The van der Waals surface area contributed by atoms with Crippen LogP contribution in [0.1, 0.15) is 36.2 Å². The van der Waals surface area contributed by atoms with Crippen molar-refractivity contribution in [3.63, 3.8) is 0 Å². The van der Waals surface area contributed by atoms with Gasteiger partial charge in [0.2, 0.25) is 0 Å². The molecule has 7 nitrogen and oxygen atoms in total. The molecular formula is C25H26F3N3O4S. The van der Waals surface area contributed by atoms with E-state index in [-0.39, 0.29) is 12.3 Å². The highest BCUT2D eigenvalue weighted by Gasteiger charge is 2.46. The van der Waals surface area contributed by atoms with Gasteiger partial charge in [-0.25, -0.2) is 9.78 Å². The molecule has 11 heteroatoms. The van der Waals surface area contributed by atoms with Crippen LogP contribution in [-0.2, 0) is 21.3 Å². The van der Waals surface area contributed by atoms with E-state index in [0.717, 1.165) is 12.0 Å². The van der Waals surface area contributed by atoms with Crippen molar-refractivity contribution in [2.45, 2.75) is 32.3 Å². The molecule has 0 unspecified atom stereocenters. The fourth-order valence-corrected chi connectivity index (χ4v) is 4.17. The van der Waals surface area contributed by atoms with Gasteiger partial charge in [-0.1, -0.05) is 49.4 Å². The van der Waals surface area contributed by atoms with Gasteiger partial charge >= 0.3 is 21.5 Å². The third kappa shape index (κ3) is 6.34. The summed E-state index contributed by atoms with van der Waals surface area (Å²) in [5.41, 5.74) is -3.55. The lowest BCUT2D eigenvalue weighted by Gasteiger charge is -2.25. The second kappa shape index (κ2) is 11.4. The maximum Gasteiger partial charge on any atom is 0.516 e. The van der Waals surface area contributed by atoms with E-state index in [1.54, 1.807) is 60.3 Å². The zero-order chi connectivity index (χ0) is 26.3.